The SMILES string of the molecule is COC(=O)Cc1ccnc(N2CCN(C)CC2)n1. The van der Waals surface area contributed by atoms with E-state index >= 15 is 0 Å². The molecule has 0 amide bonds. The highest BCUT2D eigenvalue weighted by Gasteiger charge is 2.17. The van der Waals surface area contributed by atoms with Crippen LogP contribution in [0.3, 0.4) is 0 Å². The minimum absolute atomic E-state index is 0.194. The zero-order valence-electron chi connectivity index (χ0n) is 10.8. The molecule has 1 fully saturated rings. The third-order valence-corrected chi connectivity index (χ3v) is 3.04. The summed E-state index contributed by atoms with van der Waals surface area (Å²) >= 11 is 0. The summed E-state index contributed by atoms with van der Waals surface area (Å²) in [4.78, 5) is 24.3. The van der Waals surface area contributed by atoms with Gasteiger partial charge in [-0.05, 0) is 13.1 Å². The number of anilines is 1. The smallest absolute Gasteiger partial charge is 0.311 e. The third-order valence-electron chi connectivity index (χ3n) is 3.04. The summed E-state index contributed by atoms with van der Waals surface area (Å²) in [5.74, 6) is 0.419. The summed E-state index contributed by atoms with van der Waals surface area (Å²) in [6, 6.07) is 1.75. The number of esters is 1. The Balaban J connectivity index is 2.05. The molecule has 0 radical (unpaired) electrons. The predicted octanol–water partition coefficient (Wildman–Crippen LogP) is -0.0561. The largest absolute Gasteiger partial charge is 0.469 e. The number of hydrogen-bond donors (Lipinski definition) is 0. The van der Waals surface area contributed by atoms with Crippen LogP contribution in [0.4, 0.5) is 5.95 Å². The maximum atomic E-state index is 11.2. The van der Waals surface area contributed by atoms with E-state index in [4.69, 9.17) is 0 Å². The van der Waals surface area contributed by atoms with Crippen LogP contribution in [0.1, 0.15) is 5.69 Å². The maximum Gasteiger partial charge on any atom is 0.311 e. The second kappa shape index (κ2) is 5.77. The molecule has 18 heavy (non-hydrogen) atoms. The second-order valence-corrected chi connectivity index (χ2v) is 4.39. The number of nitrogens with zero attached hydrogens (tertiary/aromatic N) is 4. The second-order valence-electron chi connectivity index (χ2n) is 4.39. The average Bonchev–Trinajstić information content (AvgIpc) is 2.40. The Morgan fingerprint density at radius 2 is 2.11 bits per heavy atom. The van der Waals surface area contributed by atoms with Crippen LogP contribution in [0.5, 0.6) is 0 Å². The van der Waals surface area contributed by atoms with Crippen molar-refractivity contribution in [3.63, 3.8) is 0 Å². The Hall–Kier alpha value is -1.69. The van der Waals surface area contributed by atoms with E-state index in [0.717, 1.165) is 26.2 Å². The van der Waals surface area contributed by atoms with Crippen molar-refractivity contribution < 1.29 is 9.53 Å². The van der Waals surface area contributed by atoms with Gasteiger partial charge in [-0.25, -0.2) is 9.97 Å². The van der Waals surface area contributed by atoms with Gasteiger partial charge in [-0.1, -0.05) is 0 Å². The summed E-state index contributed by atoms with van der Waals surface area (Å²) in [7, 11) is 3.48. The number of carbonyl (C=O) groups is 1. The summed E-state index contributed by atoms with van der Waals surface area (Å²) in [6.07, 6.45) is 1.89. The van der Waals surface area contributed by atoms with Gasteiger partial charge in [-0.15, -0.1) is 0 Å². The standard InChI is InChI=1S/C12H18N4O2/c1-15-5-7-16(8-6-15)12-13-4-3-10(14-12)9-11(17)18-2/h3-4H,5-9H2,1-2H3. The average molecular weight is 250 g/mol. The molecular formula is C12H18N4O2. The van der Waals surface area contributed by atoms with Gasteiger partial charge in [0, 0.05) is 32.4 Å². The van der Waals surface area contributed by atoms with Gasteiger partial charge < -0.3 is 14.5 Å². The summed E-state index contributed by atoms with van der Waals surface area (Å²) in [5.41, 5.74) is 0.700. The monoisotopic (exact) mass is 250 g/mol. The van der Waals surface area contributed by atoms with E-state index in [9.17, 15) is 4.79 Å². The zero-order chi connectivity index (χ0) is 13.0. The zero-order valence-corrected chi connectivity index (χ0v) is 10.8. The van der Waals surface area contributed by atoms with Crippen molar-refractivity contribution >= 4 is 11.9 Å². The summed E-state index contributed by atoms with van der Waals surface area (Å²) < 4.78 is 4.63. The highest BCUT2D eigenvalue weighted by molar-refractivity contribution is 5.71. The molecule has 0 saturated carbocycles. The van der Waals surface area contributed by atoms with E-state index < -0.39 is 0 Å². The molecule has 1 saturated heterocycles. The Labute approximate surface area is 107 Å². The van der Waals surface area contributed by atoms with Crippen LogP contribution in [0.15, 0.2) is 12.3 Å². The van der Waals surface area contributed by atoms with Crippen LogP contribution in [0.25, 0.3) is 0 Å². The molecule has 1 aliphatic rings. The number of rotatable bonds is 3. The van der Waals surface area contributed by atoms with Crippen molar-refractivity contribution in [1.82, 2.24) is 14.9 Å². The van der Waals surface area contributed by atoms with Gasteiger partial charge in [-0.3, -0.25) is 4.79 Å². The van der Waals surface area contributed by atoms with Crippen LogP contribution < -0.4 is 4.90 Å². The molecule has 6 heteroatoms. The first-order valence-corrected chi connectivity index (χ1v) is 6.01. The fourth-order valence-corrected chi connectivity index (χ4v) is 1.86. The Morgan fingerprint density at radius 3 is 2.78 bits per heavy atom. The maximum absolute atomic E-state index is 11.2. The number of likely N-dealkylation sites (N-methyl/N-ethyl adjacent to an activating group) is 1. The number of ether oxygens (including phenoxy) is 1. The van der Waals surface area contributed by atoms with Crippen molar-refractivity contribution in [2.24, 2.45) is 0 Å². The van der Waals surface area contributed by atoms with Gasteiger partial charge in [0.1, 0.15) is 0 Å². The molecule has 0 aliphatic carbocycles. The molecule has 1 aliphatic heterocycles. The number of methoxy groups -OCH3 is 1. The van der Waals surface area contributed by atoms with E-state index in [1.807, 2.05) is 0 Å². The summed E-state index contributed by atoms with van der Waals surface area (Å²) in [5, 5.41) is 0. The van der Waals surface area contributed by atoms with Crippen LogP contribution in [0, 0.1) is 0 Å². The fourth-order valence-electron chi connectivity index (χ4n) is 1.86. The van der Waals surface area contributed by atoms with Crippen molar-refractivity contribution in [2.75, 3.05) is 45.2 Å². The van der Waals surface area contributed by atoms with Crippen LogP contribution in [-0.2, 0) is 16.0 Å². The van der Waals surface area contributed by atoms with Crippen LogP contribution in [-0.4, -0.2) is 61.2 Å². The summed E-state index contributed by atoms with van der Waals surface area (Å²) in [6.45, 7) is 3.84. The molecule has 6 nitrogen and oxygen atoms in total. The minimum atomic E-state index is -0.280. The molecule has 2 heterocycles. The van der Waals surface area contributed by atoms with E-state index in [-0.39, 0.29) is 12.4 Å². The first-order chi connectivity index (χ1) is 8.69. The van der Waals surface area contributed by atoms with Crippen molar-refractivity contribution in [3.05, 3.63) is 18.0 Å². The minimum Gasteiger partial charge on any atom is -0.469 e. The molecule has 0 N–H and O–H groups in total. The van der Waals surface area contributed by atoms with Crippen molar-refractivity contribution in [2.45, 2.75) is 6.42 Å². The molecule has 0 atom stereocenters. The van der Waals surface area contributed by atoms with Gasteiger partial charge in [-0.2, -0.15) is 0 Å². The first-order valence-electron chi connectivity index (χ1n) is 6.01. The number of piperazine rings is 1. The van der Waals surface area contributed by atoms with Crippen molar-refractivity contribution in [1.29, 1.82) is 0 Å². The van der Waals surface area contributed by atoms with E-state index in [2.05, 4.69) is 31.6 Å². The molecular weight excluding hydrogens is 232 g/mol. The Kier molecular flexibility index (Phi) is 4.09. The molecule has 2 rings (SSSR count). The Bertz CT molecular complexity index is 416. The van der Waals surface area contributed by atoms with Crippen LogP contribution >= 0.6 is 0 Å². The van der Waals surface area contributed by atoms with Gasteiger partial charge >= 0.3 is 5.97 Å². The quantitative estimate of drug-likeness (QED) is 0.701. The molecule has 1 aromatic rings. The number of aromatic nitrogens is 2. The lowest BCUT2D eigenvalue weighted by molar-refractivity contribution is -0.139. The lowest BCUT2D eigenvalue weighted by atomic mass is 10.3. The molecule has 0 unspecified atom stereocenters. The van der Waals surface area contributed by atoms with Gasteiger partial charge in [0.15, 0.2) is 0 Å². The Morgan fingerprint density at radius 1 is 1.39 bits per heavy atom. The fraction of sp³-hybridized carbons (Fsp3) is 0.583. The normalized spacial score (nSPS) is 16.7. The van der Waals surface area contributed by atoms with E-state index in [1.54, 1.807) is 12.3 Å². The van der Waals surface area contributed by atoms with E-state index in [1.165, 1.54) is 7.11 Å². The molecule has 0 aromatic carbocycles. The lowest BCUT2D eigenvalue weighted by Crippen LogP contribution is -2.45. The topological polar surface area (TPSA) is 58.6 Å². The van der Waals surface area contributed by atoms with Crippen LogP contribution in [0.2, 0.25) is 0 Å². The molecule has 1 aromatic heterocycles. The molecule has 98 valence electrons. The number of hydrogen-bond acceptors (Lipinski definition) is 6. The van der Waals surface area contributed by atoms with Gasteiger partial charge in [0.2, 0.25) is 5.95 Å². The highest BCUT2D eigenvalue weighted by atomic mass is 16.5. The highest BCUT2D eigenvalue weighted by Crippen LogP contribution is 2.10. The van der Waals surface area contributed by atoms with Crippen molar-refractivity contribution in [3.8, 4) is 0 Å². The predicted molar refractivity (Wildman–Crippen MR) is 67.5 cm³/mol. The molecule has 0 bridgehead atoms. The first kappa shape index (κ1) is 12.8. The number of carbonyl (C=O) groups excluding carboxylic acids is 1. The lowest BCUT2D eigenvalue weighted by Gasteiger charge is -2.32. The van der Waals surface area contributed by atoms with Gasteiger partial charge in [0.05, 0.1) is 19.2 Å². The third kappa shape index (κ3) is 3.16. The van der Waals surface area contributed by atoms with E-state index in [0.29, 0.717) is 11.6 Å². The molecule has 0 spiro atoms. The van der Waals surface area contributed by atoms with Gasteiger partial charge in [0.25, 0.3) is 0 Å².